The van der Waals surface area contributed by atoms with Gasteiger partial charge < -0.3 is 10.3 Å². The highest BCUT2D eigenvalue weighted by Crippen LogP contribution is 2.24. The number of thiazole rings is 1. The van der Waals surface area contributed by atoms with Crippen LogP contribution in [0.3, 0.4) is 0 Å². The number of rotatable bonds is 3. The normalized spacial score (nSPS) is 10.8. The van der Waals surface area contributed by atoms with Crippen LogP contribution >= 0.6 is 11.3 Å². The molecule has 0 radical (unpaired) electrons. The Morgan fingerprint density at radius 1 is 1.42 bits per heavy atom. The number of nitrogens with two attached hydrogens (primary N) is 1. The van der Waals surface area contributed by atoms with Gasteiger partial charge in [0.15, 0.2) is 0 Å². The Bertz CT molecular complexity index is 700. The van der Waals surface area contributed by atoms with E-state index < -0.39 is 0 Å². The molecule has 0 aromatic carbocycles. The molecule has 3 aromatic heterocycles. The lowest BCUT2D eigenvalue weighted by molar-refractivity contribution is 0.795. The Balaban J connectivity index is 1.97. The quantitative estimate of drug-likeness (QED) is 0.793. The zero-order valence-electron chi connectivity index (χ0n) is 10.4. The first-order valence-electron chi connectivity index (χ1n) is 5.86. The van der Waals surface area contributed by atoms with Crippen LogP contribution < -0.4 is 5.73 Å². The third-order valence-electron chi connectivity index (χ3n) is 2.80. The molecule has 0 amide bonds. The minimum Gasteiger partial charge on any atom is -0.383 e. The zero-order chi connectivity index (χ0) is 13.2. The second-order valence-corrected chi connectivity index (χ2v) is 5.17. The molecule has 3 aromatic rings. The van der Waals surface area contributed by atoms with Crippen LogP contribution in [-0.4, -0.2) is 19.5 Å². The molecule has 5 nitrogen and oxygen atoms in total. The largest absolute Gasteiger partial charge is 0.383 e. The standard InChI is InChI=1S/C13H13N5S/c1-9-7-19-12(17-9)6-18-8-15-5-11(18)10-3-2-4-16-13(10)14/h2-5,7-8H,6H2,1H3,(H2,14,16). The Morgan fingerprint density at radius 3 is 3.05 bits per heavy atom. The summed E-state index contributed by atoms with van der Waals surface area (Å²) in [6, 6.07) is 3.82. The van der Waals surface area contributed by atoms with E-state index in [-0.39, 0.29) is 0 Å². The zero-order valence-corrected chi connectivity index (χ0v) is 11.3. The number of imidazole rings is 1. The van der Waals surface area contributed by atoms with Gasteiger partial charge in [-0.15, -0.1) is 11.3 Å². The lowest BCUT2D eigenvalue weighted by Gasteiger charge is -2.07. The Hall–Kier alpha value is -2.21. The van der Waals surface area contributed by atoms with Gasteiger partial charge in [-0.1, -0.05) is 0 Å². The minimum absolute atomic E-state index is 0.513. The van der Waals surface area contributed by atoms with Crippen LogP contribution in [0.2, 0.25) is 0 Å². The van der Waals surface area contributed by atoms with Crippen molar-refractivity contribution in [2.75, 3.05) is 5.73 Å². The second-order valence-electron chi connectivity index (χ2n) is 4.23. The van der Waals surface area contributed by atoms with Gasteiger partial charge in [-0.05, 0) is 19.1 Å². The number of hydrogen-bond donors (Lipinski definition) is 1. The highest BCUT2D eigenvalue weighted by molar-refractivity contribution is 7.09. The summed E-state index contributed by atoms with van der Waals surface area (Å²) in [5.74, 6) is 0.513. The number of nitrogens with zero attached hydrogens (tertiary/aromatic N) is 4. The molecule has 19 heavy (non-hydrogen) atoms. The SMILES string of the molecule is Cc1csc(Cn2cncc2-c2cccnc2N)n1. The van der Waals surface area contributed by atoms with E-state index in [1.807, 2.05) is 29.0 Å². The van der Waals surface area contributed by atoms with Gasteiger partial charge in [0.05, 0.1) is 24.8 Å². The molecule has 3 heterocycles. The van der Waals surface area contributed by atoms with Crippen molar-refractivity contribution in [3.05, 3.63) is 46.9 Å². The average molecular weight is 271 g/mol. The van der Waals surface area contributed by atoms with Crippen LogP contribution in [0.4, 0.5) is 5.82 Å². The van der Waals surface area contributed by atoms with Crippen LogP contribution in [-0.2, 0) is 6.54 Å². The number of aromatic nitrogens is 4. The van der Waals surface area contributed by atoms with Gasteiger partial charge in [-0.2, -0.15) is 0 Å². The Labute approximate surface area is 114 Å². The van der Waals surface area contributed by atoms with Crippen LogP contribution in [0.15, 0.2) is 36.2 Å². The fraction of sp³-hybridized carbons (Fsp3) is 0.154. The molecule has 0 unspecified atom stereocenters. The molecule has 3 rings (SSSR count). The van der Waals surface area contributed by atoms with Gasteiger partial charge in [-0.3, -0.25) is 0 Å². The summed E-state index contributed by atoms with van der Waals surface area (Å²) >= 11 is 1.65. The minimum atomic E-state index is 0.513. The maximum absolute atomic E-state index is 5.91. The molecule has 0 bridgehead atoms. The van der Waals surface area contributed by atoms with E-state index in [0.717, 1.165) is 22.0 Å². The fourth-order valence-electron chi connectivity index (χ4n) is 1.93. The van der Waals surface area contributed by atoms with E-state index in [2.05, 4.69) is 15.0 Å². The second kappa shape index (κ2) is 4.81. The van der Waals surface area contributed by atoms with Gasteiger partial charge in [0, 0.05) is 22.8 Å². The molecule has 0 fully saturated rings. The summed E-state index contributed by atoms with van der Waals surface area (Å²) in [5.41, 5.74) is 8.81. The molecule has 2 N–H and O–H groups in total. The summed E-state index contributed by atoms with van der Waals surface area (Å²) in [6.07, 6.45) is 5.27. The molecule has 0 saturated heterocycles. The lowest BCUT2D eigenvalue weighted by atomic mass is 10.2. The summed E-state index contributed by atoms with van der Waals surface area (Å²) < 4.78 is 2.03. The smallest absolute Gasteiger partial charge is 0.132 e. The first-order valence-corrected chi connectivity index (χ1v) is 6.74. The molecular weight excluding hydrogens is 258 g/mol. The molecule has 0 spiro atoms. The molecule has 0 saturated carbocycles. The summed E-state index contributed by atoms with van der Waals surface area (Å²) in [5, 5.41) is 3.10. The van der Waals surface area contributed by atoms with Crippen molar-refractivity contribution in [2.24, 2.45) is 0 Å². The predicted octanol–water partition coefficient (Wildman–Crippen LogP) is 2.34. The van der Waals surface area contributed by atoms with E-state index in [0.29, 0.717) is 12.4 Å². The van der Waals surface area contributed by atoms with E-state index in [1.54, 1.807) is 30.1 Å². The van der Waals surface area contributed by atoms with Crippen molar-refractivity contribution < 1.29 is 0 Å². The van der Waals surface area contributed by atoms with Crippen LogP contribution in [0.25, 0.3) is 11.3 Å². The topological polar surface area (TPSA) is 69.6 Å². The highest BCUT2D eigenvalue weighted by Gasteiger charge is 2.10. The van der Waals surface area contributed by atoms with Gasteiger partial charge in [0.2, 0.25) is 0 Å². The first-order chi connectivity index (χ1) is 9.24. The van der Waals surface area contributed by atoms with Crippen LogP contribution in [0.1, 0.15) is 10.7 Å². The molecule has 0 aliphatic carbocycles. The number of pyridine rings is 1. The Morgan fingerprint density at radius 2 is 2.32 bits per heavy atom. The van der Waals surface area contributed by atoms with E-state index in [4.69, 9.17) is 5.73 Å². The van der Waals surface area contributed by atoms with Crippen molar-refractivity contribution in [1.29, 1.82) is 0 Å². The van der Waals surface area contributed by atoms with Gasteiger partial charge in [0.25, 0.3) is 0 Å². The van der Waals surface area contributed by atoms with Crippen molar-refractivity contribution >= 4 is 17.2 Å². The third-order valence-corrected chi connectivity index (χ3v) is 3.75. The number of aryl methyl sites for hydroxylation is 1. The van der Waals surface area contributed by atoms with Crippen molar-refractivity contribution in [3.63, 3.8) is 0 Å². The van der Waals surface area contributed by atoms with Crippen molar-refractivity contribution in [1.82, 2.24) is 19.5 Å². The number of hydrogen-bond acceptors (Lipinski definition) is 5. The number of anilines is 1. The first kappa shape index (κ1) is 11.9. The molecule has 0 atom stereocenters. The van der Waals surface area contributed by atoms with Crippen LogP contribution in [0.5, 0.6) is 0 Å². The highest BCUT2D eigenvalue weighted by atomic mass is 32.1. The third kappa shape index (κ3) is 2.34. The van der Waals surface area contributed by atoms with Gasteiger partial charge in [-0.25, -0.2) is 15.0 Å². The van der Waals surface area contributed by atoms with E-state index in [9.17, 15) is 0 Å². The molecule has 6 heteroatoms. The van der Waals surface area contributed by atoms with E-state index >= 15 is 0 Å². The fourth-order valence-corrected chi connectivity index (χ4v) is 2.70. The monoisotopic (exact) mass is 271 g/mol. The van der Waals surface area contributed by atoms with Gasteiger partial charge in [0.1, 0.15) is 10.8 Å². The summed E-state index contributed by atoms with van der Waals surface area (Å²) in [4.78, 5) is 12.8. The van der Waals surface area contributed by atoms with Gasteiger partial charge >= 0.3 is 0 Å². The molecule has 0 aliphatic heterocycles. The average Bonchev–Trinajstić information content (AvgIpc) is 3.00. The van der Waals surface area contributed by atoms with Crippen LogP contribution in [0, 0.1) is 6.92 Å². The predicted molar refractivity (Wildman–Crippen MR) is 75.8 cm³/mol. The molecule has 0 aliphatic rings. The van der Waals surface area contributed by atoms with E-state index in [1.165, 1.54) is 0 Å². The maximum atomic E-state index is 5.91. The lowest BCUT2D eigenvalue weighted by Crippen LogP contribution is -2.02. The van der Waals surface area contributed by atoms with Crippen molar-refractivity contribution in [3.8, 4) is 11.3 Å². The summed E-state index contributed by atoms with van der Waals surface area (Å²) in [7, 11) is 0. The molecule has 96 valence electrons. The van der Waals surface area contributed by atoms with Crippen molar-refractivity contribution in [2.45, 2.75) is 13.5 Å². The summed E-state index contributed by atoms with van der Waals surface area (Å²) in [6.45, 7) is 2.69. The number of nitrogen functional groups attached to an aromatic ring is 1. The Kier molecular flexibility index (Phi) is 3.00. The molecular formula is C13H13N5S. The maximum Gasteiger partial charge on any atom is 0.132 e.